The first-order valence-electron chi connectivity index (χ1n) is 10.3. The fraction of sp³-hybridized carbons (Fsp3) is 0.667. The van der Waals surface area contributed by atoms with E-state index in [0.29, 0.717) is 5.92 Å². The summed E-state index contributed by atoms with van der Waals surface area (Å²) < 4.78 is 7.41. The van der Waals surface area contributed by atoms with E-state index >= 15 is 0 Å². The molecule has 1 aromatic heterocycles. The second kappa shape index (κ2) is 8.47. The summed E-state index contributed by atoms with van der Waals surface area (Å²) in [5.41, 5.74) is 1.13. The molecular formula is C21H34N6O. The van der Waals surface area contributed by atoms with Crippen molar-refractivity contribution in [1.82, 2.24) is 25.1 Å². The van der Waals surface area contributed by atoms with Gasteiger partial charge in [-0.15, -0.1) is 5.10 Å². The molecule has 2 aromatic rings. The average molecular weight is 387 g/mol. The third-order valence-corrected chi connectivity index (χ3v) is 5.95. The number of aromatic nitrogens is 4. The van der Waals surface area contributed by atoms with E-state index in [1.165, 1.54) is 5.69 Å². The van der Waals surface area contributed by atoms with Gasteiger partial charge in [0.2, 0.25) is 0 Å². The highest BCUT2D eigenvalue weighted by molar-refractivity contribution is 5.51. The van der Waals surface area contributed by atoms with E-state index in [1.54, 1.807) is 7.11 Å². The summed E-state index contributed by atoms with van der Waals surface area (Å²) in [4.78, 5) is 4.96. The van der Waals surface area contributed by atoms with Gasteiger partial charge in [0.1, 0.15) is 5.75 Å². The number of anilines is 1. The SMILES string of the molecule is CCC(C)(C)n1nnnc1C(C(C)C)N1CCN(c2cccc(OC)c2)CC1. The van der Waals surface area contributed by atoms with E-state index in [4.69, 9.17) is 4.74 Å². The summed E-state index contributed by atoms with van der Waals surface area (Å²) in [6.45, 7) is 15.0. The minimum Gasteiger partial charge on any atom is -0.497 e. The molecule has 1 atom stereocenters. The van der Waals surface area contributed by atoms with Crippen molar-refractivity contribution in [3.05, 3.63) is 30.1 Å². The summed E-state index contributed by atoms with van der Waals surface area (Å²) in [5, 5.41) is 12.8. The smallest absolute Gasteiger partial charge is 0.169 e. The first kappa shape index (κ1) is 20.6. The minimum absolute atomic E-state index is 0.0889. The number of ether oxygens (including phenoxy) is 1. The Hall–Kier alpha value is -2.15. The summed E-state index contributed by atoms with van der Waals surface area (Å²) in [5.74, 6) is 2.32. The third-order valence-electron chi connectivity index (χ3n) is 5.95. The van der Waals surface area contributed by atoms with Crippen molar-refractivity contribution >= 4 is 5.69 Å². The predicted octanol–water partition coefficient (Wildman–Crippen LogP) is 3.35. The molecule has 0 saturated carbocycles. The monoisotopic (exact) mass is 386 g/mol. The molecule has 7 nitrogen and oxygen atoms in total. The second-order valence-electron chi connectivity index (χ2n) is 8.53. The van der Waals surface area contributed by atoms with Crippen molar-refractivity contribution < 1.29 is 4.74 Å². The molecule has 0 spiro atoms. The zero-order chi connectivity index (χ0) is 20.3. The molecular weight excluding hydrogens is 352 g/mol. The lowest BCUT2D eigenvalue weighted by molar-refractivity contribution is 0.126. The fourth-order valence-corrected chi connectivity index (χ4v) is 3.91. The van der Waals surface area contributed by atoms with Crippen LogP contribution in [0.3, 0.4) is 0 Å². The summed E-state index contributed by atoms with van der Waals surface area (Å²) in [6, 6.07) is 8.53. The average Bonchev–Trinajstić information content (AvgIpc) is 3.18. The lowest BCUT2D eigenvalue weighted by Gasteiger charge is -2.41. The number of tetrazole rings is 1. The topological polar surface area (TPSA) is 59.3 Å². The van der Waals surface area contributed by atoms with Crippen LogP contribution in [0.5, 0.6) is 5.75 Å². The van der Waals surface area contributed by atoms with E-state index in [-0.39, 0.29) is 11.6 Å². The number of nitrogens with zero attached hydrogens (tertiary/aromatic N) is 6. The van der Waals surface area contributed by atoms with Gasteiger partial charge in [-0.05, 0) is 48.7 Å². The molecule has 0 N–H and O–H groups in total. The molecule has 1 unspecified atom stereocenters. The molecule has 1 aromatic carbocycles. The highest BCUT2D eigenvalue weighted by Crippen LogP contribution is 2.32. The van der Waals surface area contributed by atoms with Crippen LogP contribution < -0.4 is 9.64 Å². The molecule has 1 aliphatic heterocycles. The maximum atomic E-state index is 5.38. The molecule has 0 radical (unpaired) electrons. The predicted molar refractivity (Wildman–Crippen MR) is 112 cm³/mol. The van der Waals surface area contributed by atoms with Gasteiger partial charge in [0, 0.05) is 37.9 Å². The molecule has 154 valence electrons. The highest BCUT2D eigenvalue weighted by atomic mass is 16.5. The van der Waals surface area contributed by atoms with Crippen LogP contribution in [0, 0.1) is 5.92 Å². The van der Waals surface area contributed by atoms with E-state index < -0.39 is 0 Å². The van der Waals surface area contributed by atoms with Gasteiger partial charge in [0.05, 0.1) is 18.7 Å². The van der Waals surface area contributed by atoms with E-state index in [2.05, 4.69) is 78.1 Å². The maximum Gasteiger partial charge on any atom is 0.169 e. The Balaban J connectivity index is 1.77. The number of methoxy groups -OCH3 is 1. The number of benzene rings is 1. The molecule has 3 rings (SSSR count). The van der Waals surface area contributed by atoms with Crippen LogP contribution >= 0.6 is 0 Å². The van der Waals surface area contributed by atoms with E-state index in [1.807, 2.05) is 10.7 Å². The molecule has 28 heavy (non-hydrogen) atoms. The van der Waals surface area contributed by atoms with Crippen LogP contribution in [-0.4, -0.2) is 58.4 Å². The van der Waals surface area contributed by atoms with Gasteiger partial charge in [0.25, 0.3) is 0 Å². The zero-order valence-electron chi connectivity index (χ0n) is 18.1. The minimum atomic E-state index is -0.0889. The number of hydrogen-bond acceptors (Lipinski definition) is 6. The van der Waals surface area contributed by atoms with Gasteiger partial charge in [-0.1, -0.05) is 26.8 Å². The Bertz CT molecular complexity index is 764. The molecule has 0 bridgehead atoms. The normalized spacial score (nSPS) is 17.2. The van der Waals surface area contributed by atoms with Gasteiger partial charge in [-0.25, -0.2) is 4.68 Å². The van der Waals surface area contributed by atoms with Crippen LogP contribution in [0.2, 0.25) is 0 Å². The van der Waals surface area contributed by atoms with Crippen molar-refractivity contribution in [3.8, 4) is 5.75 Å². The van der Waals surface area contributed by atoms with Crippen molar-refractivity contribution in [2.75, 3.05) is 38.2 Å². The second-order valence-corrected chi connectivity index (χ2v) is 8.53. The molecule has 0 aliphatic carbocycles. The van der Waals surface area contributed by atoms with Crippen LogP contribution in [0.1, 0.15) is 52.9 Å². The summed E-state index contributed by atoms with van der Waals surface area (Å²) >= 11 is 0. The number of piperazine rings is 1. The Labute approximate surface area is 168 Å². The Kier molecular flexibility index (Phi) is 6.23. The Morgan fingerprint density at radius 1 is 1.14 bits per heavy atom. The van der Waals surface area contributed by atoms with Crippen molar-refractivity contribution in [2.24, 2.45) is 5.92 Å². The molecule has 1 fully saturated rings. The van der Waals surface area contributed by atoms with E-state index in [0.717, 1.165) is 44.2 Å². The number of hydrogen-bond donors (Lipinski definition) is 0. The Morgan fingerprint density at radius 3 is 2.46 bits per heavy atom. The maximum absolute atomic E-state index is 5.38. The zero-order valence-corrected chi connectivity index (χ0v) is 18.1. The highest BCUT2D eigenvalue weighted by Gasteiger charge is 2.34. The lowest BCUT2D eigenvalue weighted by atomic mass is 9.97. The molecule has 7 heteroatoms. The van der Waals surface area contributed by atoms with Gasteiger partial charge in [-0.2, -0.15) is 0 Å². The molecule has 1 saturated heterocycles. The van der Waals surface area contributed by atoms with Crippen molar-refractivity contribution in [1.29, 1.82) is 0 Å². The first-order valence-corrected chi connectivity index (χ1v) is 10.3. The van der Waals surface area contributed by atoms with Gasteiger partial charge >= 0.3 is 0 Å². The van der Waals surface area contributed by atoms with Crippen molar-refractivity contribution in [2.45, 2.75) is 52.6 Å². The van der Waals surface area contributed by atoms with Crippen LogP contribution in [-0.2, 0) is 5.54 Å². The molecule has 0 amide bonds. The van der Waals surface area contributed by atoms with Gasteiger partial charge in [-0.3, -0.25) is 4.90 Å². The molecule has 2 heterocycles. The van der Waals surface area contributed by atoms with Gasteiger partial charge in [0.15, 0.2) is 5.82 Å². The van der Waals surface area contributed by atoms with Gasteiger partial charge < -0.3 is 9.64 Å². The standard InChI is InChI=1S/C21H34N6O/c1-7-21(4,5)27-20(22-23-24-27)19(16(2)3)26-13-11-25(12-14-26)17-9-8-10-18(15-17)28-6/h8-10,15-16,19H,7,11-14H2,1-6H3. The Morgan fingerprint density at radius 2 is 1.86 bits per heavy atom. The third kappa shape index (κ3) is 4.14. The van der Waals surface area contributed by atoms with Crippen LogP contribution in [0.4, 0.5) is 5.69 Å². The van der Waals surface area contributed by atoms with Crippen LogP contribution in [0.25, 0.3) is 0 Å². The quantitative estimate of drug-likeness (QED) is 0.727. The lowest BCUT2D eigenvalue weighted by Crippen LogP contribution is -2.49. The van der Waals surface area contributed by atoms with E-state index in [9.17, 15) is 0 Å². The summed E-state index contributed by atoms with van der Waals surface area (Å²) in [6.07, 6.45) is 0.986. The summed E-state index contributed by atoms with van der Waals surface area (Å²) in [7, 11) is 1.71. The first-order chi connectivity index (χ1) is 13.4. The van der Waals surface area contributed by atoms with Crippen molar-refractivity contribution in [3.63, 3.8) is 0 Å². The fourth-order valence-electron chi connectivity index (χ4n) is 3.91. The van der Waals surface area contributed by atoms with Crippen LogP contribution in [0.15, 0.2) is 24.3 Å². The number of rotatable bonds is 7. The molecule has 1 aliphatic rings. The largest absolute Gasteiger partial charge is 0.497 e.